The Bertz CT molecular complexity index is 165. The third-order valence-corrected chi connectivity index (χ3v) is 2.86. The highest BCUT2D eigenvalue weighted by Gasteiger charge is 2.21. The lowest BCUT2D eigenvalue weighted by atomic mass is 9.89. The molecule has 0 aromatic rings. The molecule has 0 aromatic heterocycles. The van der Waals surface area contributed by atoms with E-state index in [0.717, 1.165) is 39.0 Å². The Morgan fingerprint density at radius 2 is 2.20 bits per heavy atom. The molecule has 1 saturated heterocycles. The van der Waals surface area contributed by atoms with Crippen molar-refractivity contribution < 1.29 is 9.47 Å². The van der Waals surface area contributed by atoms with E-state index in [2.05, 4.69) is 13.8 Å². The lowest BCUT2D eigenvalue weighted by Crippen LogP contribution is -2.28. The molecule has 1 aliphatic rings. The predicted octanol–water partition coefficient (Wildman–Crippen LogP) is 2.29. The predicted molar refractivity (Wildman–Crippen MR) is 61.6 cm³/mol. The van der Waals surface area contributed by atoms with Crippen molar-refractivity contribution in [2.75, 3.05) is 19.8 Å². The maximum absolute atomic E-state index is 5.78. The molecule has 3 nitrogen and oxygen atoms in total. The standard InChI is InChI=1S/C12H25NO2/c1-12(2,7-5-8-13)10-15-11-6-3-4-9-14-11/h11H,3-10,13H2,1-2H3. The highest BCUT2D eigenvalue weighted by atomic mass is 16.7. The van der Waals surface area contributed by atoms with Crippen LogP contribution in [0.3, 0.4) is 0 Å². The van der Waals surface area contributed by atoms with E-state index in [-0.39, 0.29) is 11.7 Å². The van der Waals surface area contributed by atoms with Gasteiger partial charge in [0.2, 0.25) is 0 Å². The lowest BCUT2D eigenvalue weighted by Gasteiger charge is -2.29. The lowest BCUT2D eigenvalue weighted by molar-refractivity contribution is -0.176. The van der Waals surface area contributed by atoms with E-state index in [1.165, 1.54) is 12.8 Å². The van der Waals surface area contributed by atoms with Gasteiger partial charge in [0.25, 0.3) is 0 Å². The molecule has 1 unspecified atom stereocenters. The molecule has 1 fully saturated rings. The minimum absolute atomic E-state index is 0.0379. The third kappa shape index (κ3) is 5.50. The molecule has 1 rings (SSSR count). The molecule has 0 radical (unpaired) electrons. The number of ether oxygens (including phenoxy) is 2. The van der Waals surface area contributed by atoms with Crippen LogP contribution in [-0.2, 0) is 9.47 Å². The van der Waals surface area contributed by atoms with Crippen molar-refractivity contribution in [1.82, 2.24) is 0 Å². The number of hydrogen-bond donors (Lipinski definition) is 1. The fourth-order valence-corrected chi connectivity index (χ4v) is 1.81. The van der Waals surface area contributed by atoms with Crippen molar-refractivity contribution in [3.63, 3.8) is 0 Å². The van der Waals surface area contributed by atoms with Gasteiger partial charge in [-0.15, -0.1) is 0 Å². The molecule has 0 amide bonds. The Balaban J connectivity index is 2.15. The number of hydrogen-bond acceptors (Lipinski definition) is 3. The molecular weight excluding hydrogens is 190 g/mol. The van der Waals surface area contributed by atoms with E-state index in [1.54, 1.807) is 0 Å². The Morgan fingerprint density at radius 3 is 2.80 bits per heavy atom. The number of nitrogens with two attached hydrogens (primary N) is 1. The largest absolute Gasteiger partial charge is 0.353 e. The van der Waals surface area contributed by atoms with Crippen LogP contribution in [0.1, 0.15) is 46.0 Å². The summed E-state index contributed by atoms with van der Waals surface area (Å²) in [5.41, 5.74) is 5.73. The summed E-state index contributed by atoms with van der Waals surface area (Å²) in [4.78, 5) is 0. The summed E-state index contributed by atoms with van der Waals surface area (Å²) < 4.78 is 11.3. The van der Waals surface area contributed by atoms with E-state index >= 15 is 0 Å². The van der Waals surface area contributed by atoms with Crippen LogP contribution in [-0.4, -0.2) is 26.0 Å². The summed E-state index contributed by atoms with van der Waals surface area (Å²) in [5.74, 6) is 0. The fraction of sp³-hybridized carbons (Fsp3) is 1.00. The molecule has 0 aromatic carbocycles. The first-order chi connectivity index (χ1) is 7.14. The highest BCUT2D eigenvalue weighted by molar-refractivity contribution is 4.68. The molecule has 1 heterocycles. The fourth-order valence-electron chi connectivity index (χ4n) is 1.81. The first-order valence-corrected chi connectivity index (χ1v) is 6.07. The molecule has 0 spiro atoms. The summed E-state index contributed by atoms with van der Waals surface area (Å²) >= 11 is 0. The summed E-state index contributed by atoms with van der Waals surface area (Å²) in [6, 6.07) is 0. The van der Waals surface area contributed by atoms with Crippen LogP contribution in [0.2, 0.25) is 0 Å². The summed E-state index contributed by atoms with van der Waals surface area (Å²) in [6.07, 6.45) is 5.69. The monoisotopic (exact) mass is 215 g/mol. The van der Waals surface area contributed by atoms with Gasteiger partial charge in [-0.1, -0.05) is 13.8 Å². The maximum Gasteiger partial charge on any atom is 0.157 e. The second kappa shape index (κ2) is 6.46. The van der Waals surface area contributed by atoms with Crippen LogP contribution in [0, 0.1) is 5.41 Å². The van der Waals surface area contributed by atoms with E-state index in [1.807, 2.05) is 0 Å². The third-order valence-electron chi connectivity index (χ3n) is 2.86. The van der Waals surface area contributed by atoms with Crippen LogP contribution in [0.15, 0.2) is 0 Å². The van der Waals surface area contributed by atoms with Crippen molar-refractivity contribution in [3.8, 4) is 0 Å². The normalized spacial score (nSPS) is 23.0. The van der Waals surface area contributed by atoms with E-state index in [0.29, 0.717) is 0 Å². The van der Waals surface area contributed by atoms with Gasteiger partial charge in [-0.3, -0.25) is 0 Å². The van der Waals surface area contributed by atoms with Gasteiger partial charge in [0.1, 0.15) is 0 Å². The van der Waals surface area contributed by atoms with Gasteiger partial charge >= 0.3 is 0 Å². The highest BCUT2D eigenvalue weighted by Crippen LogP contribution is 2.24. The first-order valence-electron chi connectivity index (χ1n) is 6.07. The van der Waals surface area contributed by atoms with Crippen LogP contribution >= 0.6 is 0 Å². The minimum Gasteiger partial charge on any atom is -0.353 e. The van der Waals surface area contributed by atoms with Gasteiger partial charge in [0, 0.05) is 6.61 Å². The zero-order valence-electron chi connectivity index (χ0n) is 10.1. The van der Waals surface area contributed by atoms with Crippen molar-refractivity contribution in [2.24, 2.45) is 11.1 Å². The van der Waals surface area contributed by atoms with Crippen molar-refractivity contribution in [3.05, 3.63) is 0 Å². The first kappa shape index (κ1) is 12.9. The van der Waals surface area contributed by atoms with Gasteiger partial charge in [-0.2, -0.15) is 0 Å². The van der Waals surface area contributed by atoms with Gasteiger partial charge in [-0.05, 0) is 44.1 Å². The van der Waals surface area contributed by atoms with E-state index < -0.39 is 0 Å². The summed E-state index contributed by atoms with van der Waals surface area (Å²) in [7, 11) is 0. The second-order valence-corrected chi connectivity index (χ2v) is 5.16. The van der Waals surface area contributed by atoms with Gasteiger partial charge in [0.05, 0.1) is 6.61 Å². The van der Waals surface area contributed by atoms with Crippen molar-refractivity contribution >= 4 is 0 Å². The summed E-state index contributed by atoms with van der Waals surface area (Å²) in [5, 5.41) is 0. The van der Waals surface area contributed by atoms with E-state index in [9.17, 15) is 0 Å². The maximum atomic E-state index is 5.78. The van der Waals surface area contributed by atoms with Crippen LogP contribution in [0.5, 0.6) is 0 Å². The van der Waals surface area contributed by atoms with Crippen LogP contribution in [0.25, 0.3) is 0 Å². The average molecular weight is 215 g/mol. The van der Waals surface area contributed by atoms with Gasteiger partial charge < -0.3 is 15.2 Å². The van der Waals surface area contributed by atoms with Gasteiger partial charge in [0.15, 0.2) is 6.29 Å². The SMILES string of the molecule is CC(C)(CCCN)COC1CCCCO1. The molecule has 1 atom stereocenters. The van der Waals surface area contributed by atoms with E-state index in [4.69, 9.17) is 15.2 Å². The quantitative estimate of drug-likeness (QED) is 0.739. The molecule has 90 valence electrons. The molecular formula is C12H25NO2. The Morgan fingerprint density at radius 1 is 1.40 bits per heavy atom. The Kier molecular flexibility index (Phi) is 5.58. The summed E-state index contributed by atoms with van der Waals surface area (Å²) in [6.45, 7) is 6.85. The average Bonchev–Trinajstić information content (AvgIpc) is 2.25. The molecule has 1 aliphatic heterocycles. The molecule has 15 heavy (non-hydrogen) atoms. The molecule has 2 N–H and O–H groups in total. The smallest absolute Gasteiger partial charge is 0.157 e. The second-order valence-electron chi connectivity index (χ2n) is 5.16. The molecule has 0 saturated carbocycles. The Hall–Kier alpha value is -0.120. The zero-order chi connectivity index (χ0) is 11.1. The van der Waals surface area contributed by atoms with Crippen LogP contribution in [0.4, 0.5) is 0 Å². The van der Waals surface area contributed by atoms with Crippen molar-refractivity contribution in [1.29, 1.82) is 0 Å². The molecule has 3 heteroatoms. The molecule has 0 bridgehead atoms. The Labute approximate surface area is 93.3 Å². The number of rotatable bonds is 6. The minimum atomic E-state index is 0.0379. The topological polar surface area (TPSA) is 44.5 Å². The molecule has 0 aliphatic carbocycles. The van der Waals surface area contributed by atoms with Crippen molar-refractivity contribution in [2.45, 2.75) is 52.2 Å². The zero-order valence-corrected chi connectivity index (χ0v) is 10.1. The van der Waals surface area contributed by atoms with Gasteiger partial charge in [-0.25, -0.2) is 0 Å². The van der Waals surface area contributed by atoms with Crippen LogP contribution < -0.4 is 5.73 Å².